The van der Waals surface area contributed by atoms with Crippen LogP contribution in [0.3, 0.4) is 0 Å². The van der Waals surface area contributed by atoms with E-state index in [1.807, 2.05) is 48.2 Å². The number of carbonyl (C=O) groups excluding carboxylic acids is 2. The molecule has 1 fully saturated rings. The van der Waals surface area contributed by atoms with Crippen molar-refractivity contribution in [2.75, 3.05) is 31.2 Å². The summed E-state index contributed by atoms with van der Waals surface area (Å²) >= 11 is 0. The van der Waals surface area contributed by atoms with Crippen LogP contribution < -0.4 is 15.3 Å². The summed E-state index contributed by atoms with van der Waals surface area (Å²) < 4.78 is 13.1. The van der Waals surface area contributed by atoms with E-state index >= 15 is 0 Å². The third kappa shape index (κ3) is 4.52. The Bertz CT molecular complexity index is 965. The van der Waals surface area contributed by atoms with E-state index in [-0.39, 0.29) is 24.1 Å². The molecule has 0 radical (unpaired) electrons. The molecule has 30 heavy (non-hydrogen) atoms. The Morgan fingerprint density at radius 2 is 1.87 bits per heavy atom. The van der Waals surface area contributed by atoms with Crippen LogP contribution in [0.4, 0.5) is 10.1 Å². The van der Waals surface area contributed by atoms with Gasteiger partial charge in [-0.1, -0.05) is 24.3 Å². The van der Waals surface area contributed by atoms with E-state index in [0.29, 0.717) is 18.8 Å². The Labute approximate surface area is 175 Å². The van der Waals surface area contributed by atoms with Gasteiger partial charge in [-0.3, -0.25) is 15.0 Å². The Balaban J connectivity index is 1.35. The summed E-state index contributed by atoms with van der Waals surface area (Å²) in [6.45, 7) is 5.74. The molecular formula is C23H26FN4O2+. The first-order valence-electron chi connectivity index (χ1n) is 10.2. The van der Waals surface area contributed by atoms with Crippen molar-refractivity contribution in [3.8, 4) is 0 Å². The highest BCUT2D eigenvalue weighted by Gasteiger charge is 2.30. The number of hydrogen-bond acceptors (Lipinski definition) is 3. The molecule has 0 bridgehead atoms. The van der Waals surface area contributed by atoms with Crippen LogP contribution in [0, 0.1) is 12.7 Å². The molecule has 2 N–H and O–H groups in total. The Morgan fingerprint density at radius 1 is 1.13 bits per heavy atom. The number of amides is 2. The van der Waals surface area contributed by atoms with Gasteiger partial charge >= 0.3 is 0 Å². The number of aryl methyl sites for hydroxylation is 1. The summed E-state index contributed by atoms with van der Waals surface area (Å²) in [5, 5.41) is 1.45. The van der Waals surface area contributed by atoms with Crippen molar-refractivity contribution in [2.45, 2.75) is 19.9 Å². The number of nitrogens with one attached hydrogen (secondary N) is 2. The van der Waals surface area contributed by atoms with E-state index in [1.165, 1.54) is 22.0 Å². The smallest absolute Gasteiger partial charge is 0.271 e. The van der Waals surface area contributed by atoms with Crippen molar-refractivity contribution in [1.29, 1.82) is 0 Å². The van der Waals surface area contributed by atoms with E-state index in [4.69, 9.17) is 0 Å². The van der Waals surface area contributed by atoms with Crippen molar-refractivity contribution in [2.24, 2.45) is 0 Å². The third-order valence-corrected chi connectivity index (χ3v) is 5.58. The number of quaternary nitrogens is 1. The Kier molecular flexibility index (Phi) is 5.81. The van der Waals surface area contributed by atoms with Gasteiger partial charge in [-0.05, 0) is 42.8 Å². The van der Waals surface area contributed by atoms with E-state index in [1.54, 1.807) is 6.08 Å². The molecule has 2 aromatic rings. The van der Waals surface area contributed by atoms with Crippen LogP contribution in [0.1, 0.15) is 17.5 Å². The van der Waals surface area contributed by atoms with Crippen LogP contribution in [0.2, 0.25) is 0 Å². The molecular weight excluding hydrogens is 383 g/mol. The average molecular weight is 409 g/mol. The topological polar surface area (TPSA) is 57.1 Å². The number of hydrazine groups is 1. The lowest BCUT2D eigenvalue weighted by molar-refractivity contribution is -0.917. The van der Waals surface area contributed by atoms with Crippen molar-refractivity contribution >= 4 is 17.5 Å². The highest BCUT2D eigenvalue weighted by molar-refractivity contribution is 6.01. The summed E-state index contributed by atoms with van der Waals surface area (Å²) in [7, 11) is 0. The van der Waals surface area contributed by atoms with Crippen LogP contribution in [-0.2, 0) is 16.1 Å². The molecule has 2 heterocycles. The van der Waals surface area contributed by atoms with Crippen LogP contribution >= 0.6 is 0 Å². The van der Waals surface area contributed by atoms with Crippen molar-refractivity contribution < 1.29 is 18.9 Å². The molecule has 0 aromatic heterocycles. The van der Waals surface area contributed by atoms with Gasteiger partial charge in [-0.2, -0.15) is 0 Å². The zero-order chi connectivity index (χ0) is 21.1. The monoisotopic (exact) mass is 409 g/mol. The zero-order valence-electron chi connectivity index (χ0n) is 17.0. The fourth-order valence-electron chi connectivity index (χ4n) is 3.88. The first-order valence-corrected chi connectivity index (χ1v) is 10.2. The predicted octanol–water partition coefficient (Wildman–Crippen LogP) is 1.19. The molecule has 0 aliphatic carbocycles. The Hall–Kier alpha value is -3.19. The van der Waals surface area contributed by atoms with Gasteiger partial charge in [0.15, 0.2) is 0 Å². The molecule has 0 saturated carbocycles. The first-order chi connectivity index (χ1) is 14.5. The van der Waals surface area contributed by atoms with E-state index in [9.17, 15) is 14.0 Å². The van der Waals surface area contributed by atoms with Gasteiger partial charge < -0.3 is 9.80 Å². The number of nitrogens with zero attached hydrogens (tertiary/aromatic N) is 2. The average Bonchev–Trinajstić information content (AvgIpc) is 2.76. The van der Waals surface area contributed by atoms with Crippen LogP contribution in [0.15, 0.2) is 60.3 Å². The molecule has 2 aliphatic rings. The molecule has 2 amide bonds. The number of anilines is 1. The first kappa shape index (κ1) is 20.1. The number of carbonyl (C=O) groups is 2. The highest BCUT2D eigenvalue weighted by Crippen LogP contribution is 2.19. The molecule has 2 aliphatic heterocycles. The minimum absolute atomic E-state index is 0.0824. The molecule has 0 unspecified atom stereocenters. The highest BCUT2D eigenvalue weighted by atomic mass is 19.1. The van der Waals surface area contributed by atoms with Crippen LogP contribution in [0.5, 0.6) is 0 Å². The van der Waals surface area contributed by atoms with Gasteiger partial charge in [0.1, 0.15) is 18.1 Å². The van der Waals surface area contributed by atoms with Crippen molar-refractivity contribution in [3.05, 3.63) is 77.2 Å². The molecule has 1 saturated heterocycles. The fourth-order valence-corrected chi connectivity index (χ4v) is 3.88. The lowest BCUT2D eigenvalue weighted by Gasteiger charge is -2.35. The standard InChI is InChI=1S/C23H25FN4O2/c1-17-3-2-4-20(15-17)28-22(29)10-9-21(25-28)23(30)27-13-11-26(12-14-27)16-18-5-7-19(24)8-6-18/h2-9,15,25H,10-14,16H2,1H3/p+1. The van der Waals surface area contributed by atoms with Gasteiger partial charge in [0, 0.05) is 12.0 Å². The van der Waals surface area contributed by atoms with Gasteiger partial charge in [0.25, 0.3) is 5.91 Å². The maximum Gasteiger partial charge on any atom is 0.271 e. The molecule has 156 valence electrons. The minimum Gasteiger partial charge on any atom is -0.328 e. The normalized spacial score (nSPS) is 17.5. The number of halogens is 1. The summed E-state index contributed by atoms with van der Waals surface area (Å²) in [5.74, 6) is -0.401. The lowest BCUT2D eigenvalue weighted by Crippen LogP contribution is -3.13. The van der Waals surface area contributed by atoms with Crippen molar-refractivity contribution in [1.82, 2.24) is 10.3 Å². The molecule has 7 heteroatoms. The maximum atomic E-state index is 13.1. The fraction of sp³-hybridized carbons (Fsp3) is 0.304. The van der Waals surface area contributed by atoms with Gasteiger partial charge in [0.05, 0.1) is 31.9 Å². The van der Waals surface area contributed by atoms with Gasteiger partial charge in [-0.15, -0.1) is 0 Å². The number of piperazine rings is 1. The van der Waals surface area contributed by atoms with Gasteiger partial charge in [-0.25, -0.2) is 9.40 Å². The summed E-state index contributed by atoms with van der Waals surface area (Å²) in [6, 6.07) is 14.2. The molecule has 2 aromatic carbocycles. The van der Waals surface area contributed by atoms with E-state index in [2.05, 4.69) is 5.43 Å². The second-order valence-corrected chi connectivity index (χ2v) is 7.85. The summed E-state index contributed by atoms with van der Waals surface area (Å²) in [6.07, 6.45) is 1.87. The maximum absolute atomic E-state index is 13.1. The third-order valence-electron chi connectivity index (χ3n) is 5.58. The second-order valence-electron chi connectivity index (χ2n) is 7.85. The van der Waals surface area contributed by atoms with Crippen LogP contribution in [-0.4, -0.2) is 42.9 Å². The van der Waals surface area contributed by atoms with Crippen LogP contribution in [0.25, 0.3) is 0 Å². The number of hydrogen-bond donors (Lipinski definition) is 2. The minimum atomic E-state index is -0.226. The molecule has 4 rings (SSSR count). The number of rotatable bonds is 4. The quantitative estimate of drug-likeness (QED) is 0.798. The SMILES string of the molecule is Cc1cccc(N2NC(C(=O)N3CC[NH+](Cc4ccc(F)cc4)CC3)=CCC2=O)c1. The van der Waals surface area contributed by atoms with E-state index in [0.717, 1.165) is 36.4 Å². The predicted molar refractivity (Wildman–Crippen MR) is 112 cm³/mol. The number of benzene rings is 2. The lowest BCUT2D eigenvalue weighted by atomic mass is 10.1. The molecule has 6 nitrogen and oxygen atoms in total. The second kappa shape index (κ2) is 8.67. The Morgan fingerprint density at radius 3 is 2.57 bits per heavy atom. The van der Waals surface area contributed by atoms with Crippen molar-refractivity contribution in [3.63, 3.8) is 0 Å². The summed E-state index contributed by atoms with van der Waals surface area (Å²) in [5.41, 5.74) is 6.32. The molecule has 0 atom stereocenters. The van der Waals surface area contributed by atoms with E-state index < -0.39 is 0 Å². The molecule has 0 spiro atoms. The summed E-state index contributed by atoms with van der Waals surface area (Å²) in [4.78, 5) is 28.6. The zero-order valence-corrected chi connectivity index (χ0v) is 17.0. The van der Waals surface area contributed by atoms with Gasteiger partial charge in [0.2, 0.25) is 5.91 Å². The largest absolute Gasteiger partial charge is 0.328 e.